The van der Waals surface area contributed by atoms with E-state index in [0.717, 1.165) is 30.0 Å². The number of amides is 2. The van der Waals surface area contributed by atoms with E-state index in [4.69, 9.17) is 0 Å². The van der Waals surface area contributed by atoms with Gasteiger partial charge in [-0.05, 0) is 29.8 Å². The van der Waals surface area contributed by atoms with Crippen LogP contribution in [0.2, 0.25) is 0 Å². The van der Waals surface area contributed by atoms with E-state index in [2.05, 4.69) is 22.3 Å². The van der Waals surface area contributed by atoms with Crippen molar-refractivity contribution in [2.24, 2.45) is 0 Å². The first kappa shape index (κ1) is 25.4. The number of fused-ring (bicyclic) bond motifs is 1. The molecule has 0 N–H and O–H groups in total. The van der Waals surface area contributed by atoms with Gasteiger partial charge in [-0.2, -0.15) is 25.3 Å². The van der Waals surface area contributed by atoms with Gasteiger partial charge in [0.15, 0.2) is 0 Å². The third kappa shape index (κ3) is 4.98. The van der Waals surface area contributed by atoms with Gasteiger partial charge in [0.1, 0.15) is 0 Å². The molecule has 0 bridgehead atoms. The molecule has 1 radical (unpaired) electrons. The number of aromatic nitrogens is 3. The molecule has 11 heteroatoms. The maximum absolute atomic E-state index is 13.1. The summed E-state index contributed by atoms with van der Waals surface area (Å²) in [7, 11) is 0. The molecule has 1 aliphatic heterocycles. The molecule has 0 spiro atoms. The molecule has 0 saturated heterocycles. The molecular weight excluding hydrogens is 697 g/mol. The second-order valence-electron chi connectivity index (χ2n) is 7.24. The predicted molar refractivity (Wildman–Crippen MR) is 115 cm³/mol. The third-order valence-electron chi connectivity index (χ3n) is 5.12. The van der Waals surface area contributed by atoms with Gasteiger partial charge in [-0.15, -0.1) is 0 Å². The van der Waals surface area contributed by atoms with Crippen molar-refractivity contribution in [3.05, 3.63) is 102 Å². The van der Waals surface area contributed by atoms with Gasteiger partial charge >= 0.3 is 6.18 Å². The summed E-state index contributed by atoms with van der Waals surface area (Å²) in [4.78, 5) is 31.3. The van der Waals surface area contributed by atoms with E-state index >= 15 is 0 Å². The zero-order valence-corrected chi connectivity index (χ0v) is 20.2. The first-order valence-corrected chi connectivity index (χ1v) is 9.74. The van der Waals surface area contributed by atoms with Crippen LogP contribution in [-0.4, -0.2) is 38.0 Å². The fraction of sp³-hybridized carbons (Fsp3) is 0.217. The summed E-state index contributed by atoms with van der Waals surface area (Å²) in [5.41, 5.74) is 0.970. The van der Waals surface area contributed by atoms with Crippen LogP contribution in [0.1, 0.15) is 43.4 Å². The number of halogens is 3. The van der Waals surface area contributed by atoms with E-state index < -0.39 is 17.6 Å². The first-order chi connectivity index (χ1) is 15.2. The Hall–Kier alpha value is -4.82. The predicted octanol–water partition coefficient (Wildman–Crippen LogP) is 4.30. The minimum absolute atomic E-state index is 0. The van der Waals surface area contributed by atoms with Crippen LogP contribution in [0.15, 0.2) is 48.7 Å². The third-order valence-corrected chi connectivity index (χ3v) is 5.12. The Kier molecular flexibility index (Phi) is 7.30. The number of carbonyl (C=O) groups excluding carboxylic acids is 2. The number of nitrogens with zero attached hydrogens (tertiary/aromatic N) is 5. The zero-order valence-electron chi connectivity index (χ0n) is 18.1. The number of hydrogen-bond donors (Lipinski definition) is 0. The molecular formula is C23H21F3LrN5O2-3. The van der Waals surface area contributed by atoms with Crippen molar-refractivity contribution >= 4 is 11.8 Å². The summed E-state index contributed by atoms with van der Waals surface area (Å²) >= 11 is 0. The Morgan fingerprint density at radius 2 is 1.82 bits per heavy atom. The second kappa shape index (κ2) is 9.76. The molecule has 3 aromatic rings. The molecule has 1 aromatic carbocycles. The number of pyridine rings is 1. The topological polar surface area (TPSA) is 82.2 Å². The molecule has 4 rings (SSSR count). The number of rotatable bonds is 5. The van der Waals surface area contributed by atoms with Crippen molar-refractivity contribution in [3.63, 3.8) is 0 Å². The van der Waals surface area contributed by atoms with Gasteiger partial charge in [0.05, 0.1) is 30.3 Å². The number of carbonyl (C=O) groups is 2. The average molecular weight is 718 g/mol. The van der Waals surface area contributed by atoms with Gasteiger partial charge < -0.3 is 22.4 Å². The molecule has 0 atom stereocenters. The normalized spacial score (nSPS) is 12.9. The van der Waals surface area contributed by atoms with Gasteiger partial charge in [0.25, 0.3) is 5.91 Å². The Bertz CT molecular complexity index is 1150. The van der Waals surface area contributed by atoms with Crippen molar-refractivity contribution in [1.29, 1.82) is 0 Å². The largest absolute Gasteiger partial charge is 0.659 e. The molecule has 1 aliphatic rings. The average Bonchev–Trinajstić information content (AvgIpc) is 3.10. The molecule has 7 nitrogen and oxygen atoms in total. The molecule has 0 unspecified atom stereocenters. The van der Waals surface area contributed by atoms with Gasteiger partial charge in [0.2, 0.25) is 0 Å². The van der Waals surface area contributed by atoms with E-state index in [0.29, 0.717) is 36.6 Å². The minimum Gasteiger partial charge on any atom is -0.659 e. The van der Waals surface area contributed by atoms with Gasteiger partial charge in [-0.1, -0.05) is 23.9 Å². The van der Waals surface area contributed by atoms with Crippen LogP contribution in [-0.2, 0) is 25.8 Å². The SMILES string of the molecule is [CH2-]c1nn2c(c1C[N-]C(=O)c1ccc(C(F)(F)F)cc1)C(=O)N(Cc1ccccn1)CC2.[CH3-].[Lr]. The van der Waals surface area contributed by atoms with E-state index in [1.54, 1.807) is 21.8 Å². The van der Waals surface area contributed by atoms with Gasteiger partial charge in [-0.3, -0.25) is 14.5 Å². The standard InChI is InChI=1S/C22H19F3N5O2.CH3.Lr/c1-14-18(12-27-20(31)15-5-7-16(8-6-15)22(23,24)25)19-21(32)29(10-11-30(19)28-14)13-17-4-2-3-9-26-17;;/h2-9H,1,10-13H2,(H,27,31);1H3;/q2*-1;/p-1. The van der Waals surface area contributed by atoms with Crippen LogP contribution in [0.3, 0.4) is 0 Å². The van der Waals surface area contributed by atoms with Crippen LogP contribution >= 0.6 is 0 Å². The Morgan fingerprint density at radius 1 is 1.12 bits per heavy atom. The molecule has 2 aromatic heterocycles. The maximum atomic E-state index is 13.1. The summed E-state index contributed by atoms with van der Waals surface area (Å²) in [6, 6.07) is 9.27. The van der Waals surface area contributed by atoms with Crippen molar-refractivity contribution in [2.75, 3.05) is 6.54 Å². The fourth-order valence-corrected chi connectivity index (χ4v) is 3.46. The van der Waals surface area contributed by atoms with Crippen molar-refractivity contribution in [1.82, 2.24) is 19.7 Å². The zero-order chi connectivity index (χ0) is 22.9. The summed E-state index contributed by atoms with van der Waals surface area (Å²) < 4.78 is 39.7. The molecule has 2 amide bonds. The van der Waals surface area contributed by atoms with Crippen LogP contribution in [0.4, 0.5) is 13.2 Å². The van der Waals surface area contributed by atoms with Crippen LogP contribution in [0.5, 0.6) is 0 Å². The fourth-order valence-electron chi connectivity index (χ4n) is 3.46. The number of alkyl halides is 3. The molecule has 0 aliphatic carbocycles. The Balaban J connectivity index is 0.00000204. The van der Waals surface area contributed by atoms with Crippen LogP contribution < -0.4 is 0 Å². The molecule has 0 fully saturated rings. The summed E-state index contributed by atoms with van der Waals surface area (Å²) in [5.74, 6) is -0.955. The van der Waals surface area contributed by atoms with Crippen LogP contribution in [0, 0.1) is 14.4 Å². The number of hydrogen-bond acceptors (Lipinski definition) is 4. The summed E-state index contributed by atoms with van der Waals surface area (Å²) in [6.07, 6.45) is -2.83. The van der Waals surface area contributed by atoms with Crippen LogP contribution in [0.25, 0.3) is 5.32 Å². The molecule has 34 heavy (non-hydrogen) atoms. The van der Waals surface area contributed by atoms with E-state index in [1.807, 2.05) is 12.1 Å². The summed E-state index contributed by atoms with van der Waals surface area (Å²) in [6.45, 7) is 4.93. The number of benzene rings is 1. The van der Waals surface area contributed by atoms with E-state index in [-0.39, 0.29) is 25.4 Å². The molecule has 3 heterocycles. The van der Waals surface area contributed by atoms with Crippen molar-refractivity contribution in [3.8, 4) is 0 Å². The van der Waals surface area contributed by atoms with E-state index in [9.17, 15) is 22.8 Å². The molecule has 189 valence electrons. The second-order valence-corrected chi connectivity index (χ2v) is 7.24. The van der Waals surface area contributed by atoms with E-state index in [1.165, 1.54) is 0 Å². The van der Waals surface area contributed by atoms with Gasteiger partial charge in [0, 0.05) is 18.4 Å². The van der Waals surface area contributed by atoms with Crippen molar-refractivity contribution < 1.29 is 22.8 Å². The Labute approximate surface area is 189 Å². The smallest absolute Gasteiger partial charge is 0.416 e. The van der Waals surface area contributed by atoms with Crippen molar-refractivity contribution in [2.45, 2.75) is 25.8 Å². The monoisotopic (exact) mass is 718 g/mol. The molecule has 0 saturated carbocycles. The Morgan fingerprint density at radius 3 is 2.44 bits per heavy atom. The van der Waals surface area contributed by atoms with Gasteiger partial charge in [-0.25, -0.2) is 12.0 Å². The minimum atomic E-state index is -4.49. The first-order valence-electron chi connectivity index (χ1n) is 9.74. The summed E-state index contributed by atoms with van der Waals surface area (Å²) in [5, 5.41) is 8.22. The quantitative estimate of drug-likeness (QED) is 0.369. The maximum Gasteiger partial charge on any atom is 0.416 e.